The summed E-state index contributed by atoms with van der Waals surface area (Å²) >= 11 is 1.59. The van der Waals surface area contributed by atoms with Crippen LogP contribution in [0.25, 0.3) is 16.5 Å². The van der Waals surface area contributed by atoms with Crippen molar-refractivity contribution in [2.45, 2.75) is 26.1 Å². The zero-order valence-electron chi connectivity index (χ0n) is 15.5. The SMILES string of the molecule is C[C@@H]1CN(C(=O)COC(=O)/C=C/c2ccc(-c3ccccc3)s2)C[C@H](C)O1. The Morgan fingerprint density at radius 1 is 1.15 bits per heavy atom. The number of nitrogens with zero attached hydrogens (tertiary/aromatic N) is 1. The van der Waals surface area contributed by atoms with Crippen LogP contribution in [0.15, 0.2) is 48.5 Å². The third-order valence-electron chi connectivity index (χ3n) is 4.18. The third kappa shape index (κ3) is 5.52. The number of carbonyl (C=O) groups is 2. The van der Waals surface area contributed by atoms with Crippen molar-refractivity contribution >= 4 is 29.3 Å². The van der Waals surface area contributed by atoms with Gasteiger partial charge in [-0.25, -0.2) is 4.79 Å². The van der Waals surface area contributed by atoms with Gasteiger partial charge in [-0.1, -0.05) is 30.3 Å². The molecular weight excluding hydrogens is 362 g/mol. The van der Waals surface area contributed by atoms with Crippen LogP contribution in [0, 0.1) is 0 Å². The second kappa shape index (κ2) is 8.97. The molecule has 6 heteroatoms. The highest BCUT2D eigenvalue weighted by molar-refractivity contribution is 7.16. The van der Waals surface area contributed by atoms with E-state index in [0.29, 0.717) is 13.1 Å². The van der Waals surface area contributed by atoms with Gasteiger partial charge in [-0.05, 0) is 37.6 Å². The Morgan fingerprint density at radius 2 is 1.85 bits per heavy atom. The molecule has 0 spiro atoms. The molecule has 1 saturated heterocycles. The van der Waals surface area contributed by atoms with Crippen LogP contribution in [0.3, 0.4) is 0 Å². The summed E-state index contributed by atoms with van der Waals surface area (Å²) in [7, 11) is 0. The predicted molar refractivity (Wildman–Crippen MR) is 106 cm³/mol. The number of carbonyl (C=O) groups excluding carboxylic acids is 2. The fourth-order valence-corrected chi connectivity index (χ4v) is 3.92. The van der Waals surface area contributed by atoms with Gasteiger partial charge in [-0.2, -0.15) is 0 Å². The second-order valence-electron chi connectivity index (χ2n) is 6.57. The van der Waals surface area contributed by atoms with Crippen molar-refractivity contribution in [2.75, 3.05) is 19.7 Å². The van der Waals surface area contributed by atoms with Crippen LogP contribution < -0.4 is 0 Å². The summed E-state index contributed by atoms with van der Waals surface area (Å²) < 4.78 is 10.7. The average Bonchev–Trinajstić information content (AvgIpc) is 3.13. The molecule has 0 bridgehead atoms. The van der Waals surface area contributed by atoms with E-state index >= 15 is 0 Å². The molecule has 27 heavy (non-hydrogen) atoms. The lowest BCUT2D eigenvalue weighted by Crippen LogP contribution is -2.49. The van der Waals surface area contributed by atoms with E-state index in [1.807, 2.05) is 56.3 Å². The fourth-order valence-electron chi connectivity index (χ4n) is 3.00. The Labute approximate surface area is 163 Å². The lowest BCUT2D eigenvalue weighted by atomic mass is 10.2. The Kier molecular flexibility index (Phi) is 6.42. The van der Waals surface area contributed by atoms with Crippen LogP contribution in [-0.2, 0) is 19.1 Å². The van der Waals surface area contributed by atoms with Gasteiger partial charge in [0.05, 0.1) is 12.2 Å². The topological polar surface area (TPSA) is 55.8 Å². The van der Waals surface area contributed by atoms with Gasteiger partial charge in [0.25, 0.3) is 5.91 Å². The molecule has 1 aromatic heterocycles. The number of hydrogen-bond acceptors (Lipinski definition) is 5. The Morgan fingerprint density at radius 3 is 2.56 bits per heavy atom. The molecular formula is C21H23NO4S. The molecule has 0 radical (unpaired) electrons. The summed E-state index contributed by atoms with van der Waals surface area (Å²) in [6, 6.07) is 14.0. The lowest BCUT2D eigenvalue weighted by molar-refractivity contribution is -0.154. The number of ether oxygens (including phenoxy) is 2. The maximum Gasteiger partial charge on any atom is 0.331 e. The molecule has 2 aromatic rings. The standard InChI is InChI=1S/C21H23NO4S/c1-15-12-22(13-16(2)26-15)20(23)14-25-21(24)11-9-18-8-10-19(27-18)17-6-4-3-5-7-17/h3-11,15-16H,12-14H2,1-2H3/b11-9+/t15-,16+. The second-order valence-corrected chi connectivity index (χ2v) is 7.68. The normalized spacial score (nSPS) is 20.0. The number of thiophene rings is 1. The first-order valence-electron chi connectivity index (χ1n) is 8.94. The van der Waals surface area contributed by atoms with E-state index in [-0.39, 0.29) is 24.7 Å². The maximum atomic E-state index is 12.2. The molecule has 5 nitrogen and oxygen atoms in total. The fraction of sp³-hybridized carbons (Fsp3) is 0.333. The minimum Gasteiger partial charge on any atom is -0.452 e. The Balaban J connectivity index is 1.49. The summed E-state index contributed by atoms with van der Waals surface area (Å²) in [4.78, 5) is 27.9. The maximum absolute atomic E-state index is 12.2. The molecule has 2 atom stereocenters. The molecule has 0 unspecified atom stereocenters. The van der Waals surface area contributed by atoms with Crippen LogP contribution in [0.1, 0.15) is 18.7 Å². The number of rotatable bonds is 5. The quantitative estimate of drug-likeness (QED) is 0.583. The molecule has 1 aliphatic heterocycles. The monoisotopic (exact) mass is 385 g/mol. The summed E-state index contributed by atoms with van der Waals surface area (Å²) in [5.74, 6) is -0.714. The van der Waals surface area contributed by atoms with Gasteiger partial charge >= 0.3 is 5.97 Å². The molecule has 0 N–H and O–H groups in total. The van der Waals surface area contributed by atoms with E-state index in [4.69, 9.17) is 9.47 Å². The minimum absolute atomic E-state index is 0.00839. The average molecular weight is 385 g/mol. The van der Waals surface area contributed by atoms with Crippen molar-refractivity contribution in [1.29, 1.82) is 0 Å². The summed E-state index contributed by atoms with van der Waals surface area (Å²) in [6.45, 7) is 4.65. The van der Waals surface area contributed by atoms with Crippen molar-refractivity contribution in [3.8, 4) is 10.4 Å². The molecule has 2 heterocycles. The van der Waals surface area contributed by atoms with Gasteiger partial charge in [0.15, 0.2) is 6.61 Å². The van der Waals surface area contributed by atoms with Crippen molar-refractivity contribution < 1.29 is 19.1 Å². The first kappa shape index (κ1) is 19.3. The van der Waals surface area contributed by atoms with E-state index in [2.05, 4.69) is 0 Å². The number of morpholine rings is 1. The van der Waals surface area contributed by atoms with Crippen LogP contribution in [0.2, 0.25) is 0 Å². The zero-order valence-corrected chi connectivity index (χ0v) is 16.3. The van der Waals surface area contributed by atoms with Gasteiger partial charge in [-0.3, -0.25) is 4.79 Å². The van der Waals surface area contributed by atoms with Gasteiger partial charge in [-0.15, -0.1) is 11.3 Å². The number of amides is 1. The van der Waals surface area contributed by atoms with Gasteiger partial charge in [0.2, 0.25) is 0 Å². The molecule has 0 aliphatic carbocycles. The highest BCUT2D eigenvalue weighted by Crippen LogP contribution is 2.28. The lowest BCUT2D eigenvalue weighted by Gasteiger charge is -2.35. The molecule has 0 saturated carbocycles. The smallest absolute Gasteiger partial charge is 0.331 e. The van der Waals surface area contributed by atoms with E-state index < -0.39 is 5.97 Å². The predicted octanol–water partition coefficient (Wildman–Crippen LogP) is 3.61. The first-order valence-corrected chi connectivity index (χ1v) is 9.76. The van der Waals surface area contributed by atoms with Gasteiger partial charge < -0.3 is 14.4 Å². The van der Waals surface area contributed by atoms with Crippen LogP contribution >= 0.6 is 11.3 Å². The van der Waals surface area contributed by atoms with Crippen molar-refractivity contribution in [2.24, 2.45) is 0 Å². The molecule has 1 aliphatic rings. The Bertz CT molecular complexity index is 805. The van der Waals surface area contributed by atoms with Crippen molar-refractivity contribution in [3.63, 3.8) is 0 Å². The van der Waals surface area contributed by atoms with Crippen LogP contribution in [0.5, 0.6) is 0 Å². The van der Waals surface area contributed by atoms with E-state index in [1.54, 1.807) is 22.3 Å². The highest BCUT2D eigenvalue weighted by atomic mass is 32.1. The van der Waals surface area contributed by atoms with E-state index in [0.717, 1.165) is 15.3 Å². The minimum atomic E-state index is -0.521. The Hall–Kier alpha value is -2.44. The summed E-state index contributed by atoms with van der Waals surface area (Å²) in [6.07, 6.45) is 3.05. The van der Waals surface area contributed by atoms with Crippen LogP contribution in [0.4, 0.5) is 0 Å². The molecule has 1 amide bonds. The summed E-state index contributed by atoms with van der Waals surface area (Å²) in [5.41, 5.74) is 1.14. The first-order chi connectivity index (χ1) is 13.0. The molecule has 3 rings (SSSR count). The van der Waals surface area contributed by atoms with Crippen molar-refractivity contribution in [1.82, 2.24) is 4.90 Å². The molecule has 1 aromatic carbocycles. The zero-order chi connectivity index (χ0) is 19.2. The van der Waals surface area contributed by atoms with Crippen LogP contribution in [-0.4, -0.2) is 48.7 Å². The van der Waals surface area contributed by atoms with E-state index in [9.17, 15) is 9.59 Å². The largest absolute Gasteiger partial charge is 0.452 e. The number of benzene rings is 1. The highest BCUT2D eigenvalue weighted by Gasteiger charge is 2.26. The molecule has 142 valence electrons. The van der Waals surface area contributed by atoms with Gasteiger partial charge in [0, 0.05) is 28.9 Å². The number of esters is 1. The molecule has 1 fully saturated rings. The van der Waals surface area contributed by atoms with Gasteiger partial charge in [0.1, 0.15) is 0 Å². The van der Waals surface area contributed by atoms with E-state index in [1.165, 1.54) is 6.08 Å². The third-order valence-corrected chi connectivity index (χ3v) is 5.28. The summed E-state index contributed by atoms with van der Waals surface area (Å²) in [5, 5.41) is 0. The van der Waals surface area contributed by atoms with Crippen molar-refractivity contribution in [3.05, 3.63) is 53.4 Å². The number of hydrogen-bond donors (Lipinski definition) is 0.